The lowest BCUT2D eigenvalue weighted by Crippen LogP contribution is -2.44. The van der Waals surface area contributed by atoms with Gasteiger partial charge in [0.05, 0.1) is 11.4 Å². The second-order valence-electron chi connectivity index (χ2n) is 14.3. The summed E-state index contributed by atoms with van der Waals surface area (Å²) < 4.78 is 0. The Morgan fingerprint density at radius 2 is 1.47 bits per heavy atom. The molecule has 0 saturated carbocycles. The monoisotopic (exact) mass is 461 g/mol. The van der Waals surface area contributed by atoms with Crippen LogP contribution in [-0.4, -0.2) is 22.1 Å². The molecular formula is C31H47N3. The molecule has 1 unspecified atom stereocenters. The third kappa shape index (κ3) is 4.90. The average molecular weight is 462 g/mol. The number of fused-ring (bicyclic) bond motifs is 2. The van der Waals surface area contributed by atoms with Crippen molar-refractivity contribution in [3.8, 4) is 0 Å². The van der Waals surface area contributed by atoms with Gasteiger partial charge in [0.15, 0.2) is 0 Å². The van der Waals surface area contributed by atoms with Crippen molar-refractivity contribution < 1.29 is 0 Å². The van der Waals surface area contributed by atoms with Gasteiger partial charge in [-0.15, -0.1) is 0 Å². The summed E-state index contributed by atoms with van der Waals surface area (Å²) in [5.41, 5.74) is 8.71. The highest BCUT2D eigenvalue weighted by Gasteiger charge is 2.39. The molecule has 0 N–H and O–H groups in total. The van der Waals surface area contributed by atoms with Gasteiger partial charge in [0.2, 0.25) is 0 Å². The molecule has 3 nitrogen and oxygen atoms in total. The van der Waals surface area contributed by atoms with Gasteiger partial charge in [-0.3, -0.25) is 9.97 Å². The second-order valence-corrected chi connectivity index (χ2v) is 14.3. The van der Waals surface area contributed by atoms with E-state index in [1.807, 2.05) is 0 Å². The number of rotatable bonds is 5. The maximum Gasteiger partial charge on any atom is 0.0658 e. The zero-order valence-corrected chi connectivity index (χ0v) is 23.5. The van der Waals surface area contributed by atoms with Gasteiger partial charge >= 0.3 is 0 Å². The van der Waals surface area contributed by atoms with Crippen LogP contribution in [0.2, 0.25) is 0 Å². The smallest absolute Gasteiger partial charge is 0.0658 e. The first kappa shape index (κ1) is 25.2. The summed E-state index contributed by atoms with van der Waals surface area (Å²) in [7, 11) is 0. The minimum absolute atomic E-state index is 0.101. The summed E-state index contributed by atoms with van der Waals surface area (Å²) in [5.74, 6) is 0.692. The van der Waals surface area contributed by atoms with E-state index in [0.29, 0.717) is 11.3 Å². The van der Waals surface area contributed by atoms with Gasteiger partial charge in [0, 0.05) is 46.9 Å². The molecular weight excluding hydrogens is 414 g/mol. The zero-order valence-electron chi connectivity index (χ0n) is 23.5. The number of anilines is 1. The summed E-state index contributed by atoms with van der Waals surface area (Å²) in [6.45, 7) is 24.5. The van der Waals surface area contributed by atoms with Gasteiger partial charge in [-0.25, -0.2) is 0 Å². The molecule has 3 heteroatoms. The Morgan fingerprint density at radius 3 is 2.12 bits per heavy atom. The fourth-order valence-electron chi connectivity index (χ4n) is 5.74. The molecule has 1 aliphatic carbocycles. The van der Waals surface area contributed by atoms with E-state index in [1.165, 1.54) is 59.6 Å². The van der Waals surface area contributed by atoms with Crippen molar-refractivity contribution in [1.82, 2.24) is 9.97 Å². The van der Waals surface area contributed by atoms with Crippen molar-refractivity contribution in [3.63, 3.8) is 0 Å². The highest BCUT2D eigenvalue weighted by Crippen LogP contribution is 2.44. The Hall–Kier alpha value is -1.90. The third-order valence-electron chi connectivity index (χ3n) is 8.58. The minimum Gasteiger partial charge on any atom is -0.365 e. The Kier molecular flexibility index (Phi) is 6.19. The minimum atomic E-state index is 0.101. The molecule has 2 aliphatic rings. The molecule has 34 heavy (non-hydrogen) atoms. The SMILES string of the molecule is CC(C)(C)c1cc2c(cn1)CC(C(C)(C)CCC(C)(C)N1CCc3nc(C(C)(C)C)ccc31)C2. The predicted octanol–water partition coefficient (Wildman–Crippen LogP) is 7.43. The third-order valence-corrected chi connectivity index (χ3v) is 8.58. The maximum absolute atomic E-state index is 5.06. The van der Waals surface area contributed by atoms with E-state index in [1.54, 1.807) is 0 Å². The number of hydrogen-bond donors (Lipinski definition) is 0. The summed E-state index contributed by atoms with van der Waals surface area (Å²) >= 11 is 0. The number of aromatic nitrogens is 2. The number of hydrogen-bond acceptors (Lipinski definition) is 3. The van der Waals surface area contributed by atoms with Gasteiger partial charge in [-0.05, 0) is 80.2 Å². The number of pyridine rings is 2. The van der Waals surface area contributed by atoms with E-state index in [4.69, 9.17) is 9.97 Å². The van der Waals surface area contributed by atoms with Gasteiger partial charge in [0.25, 0.3) is 0 Å². The molecule has 0 saturated heterocycles. The molecule has 0 fully saturated rings. The standard InChI is InChI=1S/C31H47N3/c1-28(2,3)26-12-11-25-24(33-26)13-16-34(25)31(9,10)15-14-30(7,8)23-17-21-19-27(29(4,5)6)32-20-22(21)18-23/h11-12,19-20,23H,13-18H2,1-10H3. The van der Waals surface area contributed by atoms with Gasteiger partial charge in [-0.2, -0.15) is 0 Å². The van der Waals surface area contributed by atoms with Crippen molar-refractivity contribution in [1.29, 1.82) is 0 Å². The topological polar surface area (TPSA) is 29.0 Å². The van der Waals surface area contributed by atoms with Crippen LogP contribution in [0.5, 0.6) is 0 Å². The van der Waals surface area contributed by atoms with Crippen LogP contribution in [0.15, 0.2) is 24.4 Å². The Bertz CT molecular complexity index is 1050. The van der Waals surface area contributed by atoms with E-state index in [9.17, 15) is 0 Å². The highest BCUT2D eigenvalue weighted by atomic mass is 15.2. The molecule has 0 amide bonds. The van der Waals surface area contributed by atoms with Crippen LogP contribution in [0.4, 0.5) is 5.69 Å². The first-order valence-corrected chi connectivity index (χ1v) is 13.3. The van der Waals surface area contributed by atoms with E-state index >= 15 is 0 Å². The molecule has 2 aromatic rings. The van der Waals surface area contributed by atoms with Crippen LogP contribution < -0.4 is 4.90 Å². The van der Waals surface area contributed by atoms with Crippen molar-refractivity contribution in [3.05, 3.63) is 52.6 Å². The lowest BCUT2D eigenvalue weighted by atomic mass is 9.72. The normalized spacial score (nSPS) is 18.9. The predicted molar refractivity (Wildman–Crippen MR) is 145 cm³/mol. The molecule has 1 aliphatic heterocycles. The zero-order chi connectivity index (χ0) is 25.1. The maximum atomic E-state index is 5.06. The molecule has 4 rings (SSSR count). The largest absolute Gasteiger partial charge is 0.365 e. The van der Waals surface area contributed by atoms with E-state index < -0.39 is 0 Å². The van der Waals surface area contributed by atoms with Crippen LogP contribution in [-0.2, 0) is 30.1 Å². The van der Waals surface area contributed by atoms with Crippen LogP contribution in [0, 0.1) is 11.3 Å². The summed E-state index contributed by atoms with van der Waals surface area (Å²) in [6.07, 6.45) is 8.02. The quantitative estimate of drug-likeness (QED) is 0.463. The van der Waals surface area contributed by atoms with Crippen LogP contribution in [0.25, 0.3) is 0 Å². The summed E-state index contributed by atoms with van der Waals surface area (Å²) in [4.78, 5) is 12.5. The van der Waals surface area contributed by atoms with Crippen molar-refractivity contribution in [2.75, 3.05) is 11.4 Å². The molecule has 0 aromatic carbocycles. The lowest BCUT2D eigenvalue weighted by molar-refractivity contribution is 0.181. The molecule has 186 valence electrons. The van der Waals surface area contributed by atoms with Gasteiger partial charge in [0.1, 0.15) is 0 Å². The Morgan fingerprint density at radius 1 is 0.824 bits per heavy atom. The van der Waals surface area contributed by atoms with Gasteiger partial charge < -0.3 is 4.90 Å². The highest BCUT2D eigenvalue weighted by molar-refractivity contribution is 5.57. The molecule has 0 radical (unpaired) electrons. The lowest BCUT2D eigenvalue weighted by Gasteiger charge is -2.41. The average Bonchev–Trinajstić information content (AvgIpc) is 3.35. The van der Waals surface area contributed by atoms with E-state index in [-0.39, 0.29) is 16.4 Å². The molecule has 0 bridgehead atoms. The fraction of sp³-hybridized carbons (Fsp3) is 0.677. The van der Waals surface area contributed by atoms with Crippen LogP contribution in [0.3, 0.4) is 0 Å². The molecule has 2 aromatic heterocycles. The van der Waals surface area contributed by atoms with Crippen molar-refractivity contribution in [2.45, 2.75) is 118 Å². The fourth-order valence-corrected chi connectivity index (χ4v) is 5.74. The first-order valence-electron chi connectivity index (χ1n) is 13.3. The Labute approximate surface area is 208 Å². The van der Waals surface area contributed by atoms with E-state index in [2.05, 4.69) is 98.5 Å². The van der Waals surface area contributed by atoms with Gasteiger partial charge in [-0.1, -0.05) is 55.4 Å². The van der Waals surface area contributed by atoms with Crippen LogP contribution in [0.1, 0.15) is 110 Å². The second kappa shape index (κ2) is 8.35. The number of nitrogens with zero attached hydrogens (tertiary/aromatic N) is 3. The first-order chi connectivity index (χ1) is 15.6. The van der Waals surface area contributed by atoms with Crippen molar-refractivity contribution in [2.24, 2.45) is 11.3 Å². The Balaban J connectivity index is 1.44. The van der Waals surface area contributed by atoms with E-state index in [0.717, 1.165) is 13.0 Å². The summed E-state index contributed by atoms with van der Waals surface area (Å²) in [6, 6.07) is 6.96. The summed E-state index contributed by atoms with van der Waals surface area (Å²) in [5, 5.41) is 0. The molecule has 3 heterocycles. The van der Waals surface area contributed by atoms with Crippen molar-refractivity contribution >= 4 is 5.69 Å². The molecule has 0 spiro atoms. The molecule has 1 atom stereocenters. The van der Waals surface area contributed by atoms with Crippen LogP contribution >= 0.6 is 0 Å².